The summed E-state index contributed by atoms with van der Waals surface area (Å²) in [6, 6.07) is 5.09. The van der Waals surface area contributed by atoms with Crippen LogP contribution >= 0.6 is 0 Å². The second kappa shape index (κ2) is 5.24. The molecule has 0 spiro atoms. The molecule has 1 aromatic carbocycles. The van der Waals surface area contributed by atoms with E-state index in [4.69, 9.17) is 15.2 Å². The van der Waals surface area contributed by atoms with Crippen molar-refractivity contribution in [2.45, 2.75) is 13.8 Å². The van der Waals surface area contributed by atoms with Crippen molar-refractivity contribution in [3.8, 4) is 11.5 Å². The smallest absolute Gasteiger partial charge is 0.252 e. The van der Waals surface area contributed by atoms with Crippen molar-refractivity contribution in [2.75, 3.05) is 13.2 Å². The number of amides is 1. The first-order valence-corrected chi connectivity index (χ1v) is 4.89. The normalized spacial score (nSPS) is 9.73. The molecule has 82 valence electrons. The lowest BCUT2D eigenvalue weighted by Crippen LogP contribution is -2.13. The van der Waals surface area contributed by atoms with Gasteiger partial charge >= 0.3 is 0 Å². The lowest BCUT2D eigenvalue weighted by molar-refractivity contribution is 0.0995. The van der Waals surface area contributed by atoms with E-state index in [9.17, 15) is 4.79 Å². The number of hydrogen-bond acceptors (Lipinski definition) is 3. The van der Waals surface area contributed by atoms with Crippen LogP contribution in [0.3, 0.4) is 0 Å². The Labute approximate surface area is 89.0 Å². The molecule has 1 amide bonds. The van der Waals surface area contributed by atoms with Crippen molar-refractivity contribution in [3.05, 3.63) is 23.8 Å². The van der Waals surface area contributed by atoms with Gasteiger partial charge in [0.1, 0.15) is 0 Å². The highest BCUT2D eigenvalue weighted by Gasteiger charge is 2.14. The average Bonchev–Trinajstić information content (AvgIpc) is 2.21. The first-order chi connectivity index (χ1) is 7.20. The minimum Gasteiger partial charge on any atom is -0.490 e. The van der Waals surface area contributed by atoms with Gasteiger partial charge in [-0.25, -0.2) is 0 Å². The summed E-state index contributed by atoms with van der Waals surface area (Å²) in [5, 5.41) is 0. The molecule has 0 aliphatic heterocycles. The molecule has 0 saturated heterocycles. The minimum absolute atomic E-state index is 0.350. The first kappa shape index (κ1) is 11.4. The fourth-order valence-electron chi connectivity index (χ4n) is 1.27. The highest BCUT2D eigenvalue weighted by molar-refractivity contribution is 5.96. The third-order valence-electron chi connectivity index (χ3n) is 1.83. The zero-order chi connectivity index (χ0) is 11.3. The van der Waals surface area contributed by atoms with Gasteiger partial charge in [-0.2, -0.15) is 0 Å². The van der Waals surface area contributed by atoms with E-state index < -0.39 is 5.91 Å². The number of carbonyl (C=O) groups excluding carboxylic acids is 1. The lowest BCUT2D eigenvalue weighted by atomic mass is 10.2. The molecule has 0 fully saturated rings. The molecule has 0 aromatic heterocycles. The Morgan fingerprint density at radius 1 is 1.27 bits per heavy atom. The second-order valence-electron chi connectivity index (χ2n) is 2.86. The number of carbonyl (C=O) groups is 1. The van der Waals surface area contributed by atoms with E-state index in [1.165, 1.54) is 0 Å². The number of nitrogens with two attached hydrogens (primary N) is 1. The molecular weight excluding hydrogens is 194 g/mol. The number of hydrogen-bond donors (Lipinski definition) is 1. The Balaban J connectivity index is 3.15. The molecular formula is C11H15NO3. The van der Waals surface area contributed by atoms with Crippen LogP contribution in [0.4, 0.5) is 0 Å². The number of primary amides is 1. The Morgan fingerprint density at radius 2 is 1.93 bits per heavy atom. The van der Waals surface area contributed by atoms with E-state index in [-0.39, 0.29) is 0 Å². The van der Waals surface area contributed by atoms with Gasteiger partial charge < -0.3 is 15.2 Å². The summed E-state index contributed by atoms with van der Waals surface area (Å²) in [7, 11) is 0. The number of rotatable bonds is 5. The van der Waals surface area contributed by atoms with Gasteiger partial charge in [-0.1, -0.05) is 6.07 Å². The number of para-hydroxylation sites is 1. The van der Waals surface area contributed by atoms with Crippen LogP contribution in [0, 0.1) is 0 Å². The summed E-state index contributed by atoms with van der Waals surface area (Å²) in [4.78, 5) is 11.1. The van der Waals surface area contributed by atoms with Crippen LogP contribution in [-0.4, -0.2) is 19.1 Å². The zero-order valence-electron chi connectivity index (χ0n) is 8.95. The van der Waals surface area contributed by atoms with Crippen LogP contribution in [0.15, 0.2) is 18.2 Å². The second-order valence-corrected chi connectivity index (χ2v) is 2.86. The molecule has 0 saturated carbocycles. The van der Waals surface area contributed by atoms with Gasteiger partial charge in [0.2, 0.25) is 0 Å². The molecule has 0 aliphatic carbocycles. The van der Waals surface area contributed by atoms with Crippen molar-refractivity contribution in [2.24, 2.45) is 5.73 Å². The van der Waals surface area contributed by atoms with Crippen LogP contribution < -0.4 is 15.2 Å². The molecule has 0 atom stereocenters. The maximum absolute atomic E-state index is 11.1. The molecule has 0 radical (unpaired) electrons. The highest BCUT2D eigenvalue weighted by Crippen LogP contribution is 2.30. The predicted molar refractivity (Wildman–Crippen MR) is 57.3 cm³/mol. The van der Waals surface area contributed by atoms with E-state index in [2.05, 4.69) is 0 Å². The van der Waals surface area contributed by atoms with Crippen LogP contribution in [0.25, 0.3) is 0 Å². The van der Waals surface area contributed by atoms with Crippen LogP contribution in [0.5, 0.6) is 11.5 Å². The molecule has 0 bridgehead atoms. The molecule has 0 aliphatic rings. The summed E-state index contributed by atoms with van der Waals surface area (Å²) in [6.45, 7) is 4.69. The maximum atomic E-state index is 11.1. The molecule has 1 aromatic rings. The Hall–Kier alpha value is -1.71. The van der Waals surface area contributed by atoms with Crippen LogP contribution in [-0.2, 0) is 0 Å². The largest absolute Gasteiger partial charge is 0.490 e. The van der Waals surface area contributed by atoms with E-state index >= 15 is 0 Å². The summed E-state index contributed by atoms with van der Waals surface area (Å²) in [5.74, 6) is 0.463. The van der Waals surface area contributed by atoms with Crippen LogP contribution in [0.1, 0.15) is 24.2 Å². The highest BCUT2D eigenvalue weighted by atomic mass is 16.5. The monoisotopic (exact) mass is 209 g/mol. The van der Waals surface area contributed by atoms with Gasteiger partial charge in [0, 0.05) is 0 Å². The average molecular weight is 209 g/mol. The quantitative estimate of drug-likeness (QED) is 0.800. The molecule has 1 rings (SSSR count). The van der Waals surface area contributed by atoms with Crippen molar-refractivity contribution in [3.63, 3.8) is 0 Å². The fourth-order valence-corrected chi connectivity index (χ4v) is 1.27. The molecule has 4 nitrogen and oxygen atoms in total. The first-order valence-electron chi connectivity index (χ1n) is 4.89. The van der Waals surface area contributed by atoms with E-state index in [1.807, 2.05) is 13.8 Å². The molecule has 2 N–H and O–H groups in total. The van der Waals surface area contributed by atoms with E-state index in [0.717, 1.165) is 0 Å². The summed E-state index contributed by atoms with van der Waals surface area (Å²) < 4.78 is 10.7. The van der Waals surface area contributed by atoms with Crippen molar-refractivity contribution in [1.82, 2.24) is 0 Å². The van der Waals surface area contributed by atoms with Gasteiger partial charge in [0.05, 0.1) is 18.8 Å². The third-order valence-corrected chi connectivity index (χ3v) is 1.83. The molecule has 0 heterocycles. The molecule has 4 heteroatoms. The van der Waals surface area contributed by atoms with Crippen molar-refractivity contribution >= 4 is 5.91 Å². The third kappa shape index (κ3) is 2.62. The van der Waals surface area contributed by atoms with Gasteiger partial charge in [0.15, 0.2) is 11.5 Å². The predicted octanol–water partition coefficient (Wildman–Crippen LogP) is 1.58. The van der Waals surface area contributed by atoms with Gasteiger partial charge in [-0.3, -0.25) is 4.79 Å². The van der Waals surface area contributed by atoms with E-state index in [1.54, 1.807) is 18.2 Å². The summed E-state index contributed by atoms with van der Waals surface area (Å²) >= 11 is 0. The Morgan fingerprint density at radius 3 is 2.47 bits per heavy atom. The number of ether oxygens (including phenoxy) is 2. The Kier molecular flexibility index (Phi) is 3.97. The van der Waals surface area contributed by atoms with Crippen LogP contribution in [0.2, 0.25) is 0 Å². The van der Waals surface area contributed by atoms with Gasteiger partial charge in [-0.05, 0) is 26.0 Å². The fraction of sp³-hybridized carbons (Fsp3) is 0.364. The SMILES string of the molecule is CCOc1cccc(C(N)=O)c1OCC. The van der Waals surface area contributed by atoms with Gasteiger partial charge in [-0.15, -0.1) is 0 Å². The topological polar surface area (TPSA) is 61.5 Å². The lowest BCUT2D eigenvalue weighted by Gasteiger charge is -2.12. The van der Waals surface area contributed by atoms with Crippen molar-refractivity contribution < 1.29 is 14.3 Å². The summed E-state index contributed by atoms with van der Waals surface area (Å²) in [6.07, 6.45) is 0. The molecule has 0 unspecified atom stereocenters. The Bertz CT molecular complexity index is 350. The van der Waals surface area contributed by atoms with Crippen molar-refractivity contribution in [1.29, 1.82) is 0 Å². The standard InChI is InChI=1S/C11H15NO3/c1-3-14-9-7-5-6-8(11(12)13)10(9)15-4-2/h5-7H,3-4H2,1-2H3,(H2,12,13). The summed E-state index contributed by atoms with van der Waals surface area (Å²) in [5.41, 5.74) is 5.59. The molecule has 15 heavy (non-hydrogen) atoms. The maximum Gasteiger partial charge on any atom is 0.252 e. The van der Waals surface area contributed by atoms with E-state index in [0.29, 0.717) is 30.3 Å². The van der Waals surface area contributed by atoms with Gasteiger partial charge in [0.25, 0.3) is 5.91 Å². The minimum atomic E-state index is -0.514. The number of benzene rings is 1. The zero-order valence-corrected chi connectivity index (χ0v) is 8.95.